The van der Waals surface area contributed by atoms with Gasteiger partial charge in [0.1, 0.15) is 12.3 Å². The van der Waals surface area contributed by atoms with Crippen LogP contribution in [-0.4, -0.2) is 55.9 Å². The average Bonchev–Trinajstić information content (AvgIpc) is 2.63. The van der Waals surface area contributed by atoms with Crippen molar-refractivity contribution in [3.05, 3.63) is 29.8 Å². The van der Waals surface area contributed by atoms with Crippen LogP contribution >= 0.6 is 0 Å². The highest BCUT2D eigenvalue weighted by Gasteiger charge is 2.23. The van der Waals surface area contributed by atoms with Crippen LogP contribution in [0.2, 0.25) is 0 Å². The summed E-state index contributed by atoms with van der Waals surface area (Å²) in [6.07, 6.45) is 1.66. The monoisotopic (exact) mass is 347 g/mol. The largest absolute Gasteiger partial charge is 0.497 e. The third kappa shape index (κ3) is 5.86. The number of carbonyl (C=O) groups excluding carboxylic acids is 2. The number of nitrogens with zero attached hydrogens (tertiary/aromatic N) is 2. The minimum Gasteiger partial charge on any atom is -0.497 e. The fraction of sp³-hybridized carbons (Fsp3) is 0.500. The molecule has 0 spiro atoms. The third-order valence-electron chi connectivity index (χ3n) is 3.81. The Labute approximate surface area is 148 Å². The van der Waals surface area contributed by atoms with Gasteiger partial charge in [-0.3, -0.25) is 9.59 Å². The molecule has 25 heavy (non-hydrogen) atoms. The van der Waals surface area contributed by atoms with Crippen molar-refractivity contribution in [1.29, 1.82) is 0 Å². The van der Waals surface area contributed by atoms with Gasteiger partial charge in [0.05, 0.1) is 12.8 Å². The number of hydrogen-bond acceptors (Lipinski definition) is 5. The SMILES string of the molecule is CCOCCCNC(=O)CN1N=C(c2ccc(OC)cc2)CCC1=O. The smallest absolute Gasteiger partial charge is 0.243 e. The highest BCUT2D eigenvalue weighted by molar-refractivity contribution is 6.04. The first-order valence-corrected chi connectivity index (χ1v) is 8.50. The molecule has 1 N–H and O–H groups in total. The Kier molecular flexibility index (Phi) is 7.40. The zero-order chi connectivity index (χ0) is 18.1. The molecule has 0 bridgehead atoms. The highest BCUT2D eigenvalue weighted by atomic mass is 16.5. The molecule has 7 heteroatoms. The Morgan fingerprint density at radius 2 is 2.04 bits per heavy atom. The molecule has 0 saturated heterocycles. The summed E-state index contributed by atoms with van der Waals surface area (Å²) in [5.74, 6) is 0.408. The van der Waals surface area contributed by atoms with E-state index in [1.54, 1.807) is 7.11 Å². The van der Waals surface area contributed by atoms with Crippen LogP contribution < -0.4 is 10.1 Å². The molecule has 0 aliphatic carbocycles. The average molecular weight is 347 g/mol. The Morgan fingerprint density at radius 1 is 1.28 bits per heavy atom. The van der Waals surface area contributed by atoms with E-state index in [4.69, 9.17) is 9.47 Å². The van der Waals surface area contributed by atoms with Crippen LogP contribution in [0.1, 0.15) is 31.7 Å². The van der Waals surface area contributed by atoms with E-state index < -0.39 is 0 Å². The second-order valence-electron chi connectivity index (χ2n) is 5.63. The van der Waals surface area contributed by atoms with Crippen molar-refractivity contribution < 1.29 is 19.1 Å². The van der Waals surface area contributed by atoms with Gasteiger partial charge in [-0.2, -0.15) is 5.10 Å². The van der Waals surface area contributed by atoms with E-state index in [0.717, 1.165) is 23.4 Å². The van der Waals surface area contributed by atoms with Crippen LogP contribution in [0.4, 0.5) is 0 Å². The van der Waals surface area contributed by atoms with Crippen LogP contribution in [0.25, 0.3) is 0 Å². The standard InChI is InChI=1S/C18H25N3O4/c1-3-25-12-4-11-19-17(22)13-21-18(23)10-9-16(20-21)14-5-7-15(24-2)8-6-14/h5-8H,3-4,9-13H2,1-2H3,(H,19,22). The van der Waals surface area contributed by atoms with E-state index >= 15 is 0 Å². The quantitative estimate of drug-likeness (QED) is 0.688. The molecule has 0 saturated carbocycles. The molecular weight excluding hydrogens is 322 g/mol. The Bertz CT molecular complexity index is 613. The van der Waals surface area contributed by atoms with Crippen molar-refractivity contribution in [2.24, 2.45) is 5.10 Å². The van der Waals surface area contributed by atoms with E-state index in [9.17, 15) is 9.59 Å². The summed E-state index contributed by atoms with van der Waals surface area (Å²) >= 11 is 0. The van der Waals surface area contributed by atoms with Crippen LogP contribution in [-0.2, 0) is 14.3 Å². The van der Waals surface area contributed by atoms with Gasteiger partial charge in [0.2, 0.25) is 11.8 Å². The molecule has 1 heterocycles. The van der Waals surface area contributed by atoms with Crippen LogP contribution in [0.3, 0.4) is 0 Å². The van der Waals surface area contributed by atoms with Crippen molar-refractivity contribution in [3.63, 3.8) is 0 Å². The molecule has 7 nitrogen and oxygen atoms in total. The number of hydrogen-bond donors (Lipinski definition) is 1. The second-order valence-corrected chi connectivity index (χ2v) is 5.63. The molecule has 0 unspecified atom stereocenters. The molecule has 0 fully saturated rings. The van der Waals surface area contributed by atoms with Gasteiger partial charge in [-0.1, -0.05) is 0 Å². The van der Waals surface area contributed by atoms with Gasteiger partial charge in [-0.05, 0) is 43.2 Å². The molecule has 2 rings (SSSR count). The first kappa shape index (κ1) is 18.9. The number of benzene rings is 1. The topological polar surface area (TPSA) is 80.2 Å². The molecule has 1 aliphatic heterocycles. The molecule has 0 atom stereocenters. The van der Waals surface area contributed by atoms with E-state index in [-0.39, 0.29) is 18.4 Å². The van der Waals surface area contributed by atoms with Crippen molar-refractivity contribution >= 4 is 17.5 Å². The van der Waals surface area contributed by atoms with Crippen molar-refractivity contribution in [3.8, 4) is 5.75 Å². The zero-order valence-electron chi connectivity index (χ0n) is 14.8. The van der Waals surface area contributed by atoms with Gasteiger partial charge in [-0.25, -0.2) is 5.01 Å². The van der Waals surface area contributed by atoms with Gasteiger partial charge in [0, 0.05) is 32.6 Å². The highest BCUT2D eigenvalue weighted by Crippen LogP contribution is 2.18. The van der Waals surface area contributed by atoms with Gasteiger partial charge in [0.25, 0.3) is 0 Å². The molecular formula is C18H25N3O4. The van der Waals surface area contributed by atoms with Crippen LogP contribution in [0, 0.1) is 0 Å². The maximum atomic E-state index is 12.0. The second kappa shape index (κ2) is 9.78. The molecule has 0 aromatic heterocycles. The van der Waals surface area contributed by atoms with Crippen molar-refractivity contribution in [2.45, 2.75) is 26.2 Å². The first-order chi connectivity index (χ1) is 12.1. The lowest BCUT2D eigenvalue weighted by atomic mass is 10.0. The summed E-state index contributed by atoms with van der Waals surface area (Å²) in [7, 11) is 1.61. The zero-order valence-corrected chi connectivity index (χ0v) is 14.8. The first-order valence-electron chi connectivity index (χ1n) is 8.50. The van der Waals surface area contributed by atoms with Crippen molar-refractivity contribution in [1.82, 2.24) is 10.3 Å². The van der Waals surface area contributed by atoms with Gasteiger partial charge in [0.15, 0.2) is 0 Å². The predicted octanol–water partition coefficient (Wildman–Crippen LogP) is 1.56. The minimum absolute atomic E-state index is 0.0624. The van der Waals surface area contributed by atoms with Crippen molar-refractivity contribution in [2.75, 3.05) is 33.4 Å². The Hall–Kier alpha value is -2.41. The van der Waals surface area contributed by atoms with E-state index in [0.29, 0.717) is 32.6 Å². The lowest BCUT2D eigenvalue weighted by Crippen LogP contribution is -2.40. The summed E-state index contributed by atoms with van der Waals surface area (Å²) in [5.41, 5.74) is 1.72. The predicted molar refractivity (Wildman–Crippen MR) is 94.6 cm³/mol. The number of nitrogens with one attached hydrogen (secondary N) is 1. The van der Waals surface area contributed by atoms with Gasteiger partial charge < -0.3 is 14.8 Å². The van der Waals surface area contributed by atoms with E-state index in [1.807, 2.05) is 31.2 Å². The maximum Gasteiger partial charge on any atom is 0.243 e. The third-order valence-corrected chi connectivity index (χ3v) is 3.81. The molecule has 1 aromatic carbocycles. The van der Waals surface area contributed by atoms with E-state index in [2.05, 4.69) is 10.4 Å². The number of rotatable bonds is 9. The lowest BCUT2D eigenvalue weighted by Gasteiger charge is -2.23. The van der Waals surface area contributed by atoms with Gasteiger partial charge >= 0.3 is 0 Å². The normalized spacial score (nSPS) is 14.2. The summed E-state index contributed by atoms with van der Waals surface area (Å²) in [4.78, 5) is 24.0. The fourth-order valence-corrected chi connectivity index (χ4v) is 2.45. The Balaban J connectivity index is 1.91. The molecule has 1 aromatic rings. The minimum atomic E-state index is -0.218. The summed E-state index contributed by atoms with van der Waals surface area (Å²) in [6.45, 7) is 3.67. The molecule has 136 valence electrons. The number of ether oxygens (including phenoxy) is 2. The summed E-state index contributed by atoms with van der Waals surface area (Å²) in [5, 5.41) is 8.39. The van der Waals surface area contributed by atoms with Crippen LogP contribution in [0.5, 0.6) is 5.75 Å². The number of methoxy groups -OCH3 is 1. The number of amides is 2. The van der Waals surface area contributed by atoms with E-state index in [1.165, 1.54) is 5.01 Å². The molecule has 0 radical (unpaired) electrons. The number of hydrazone groups is 1. The lowest BCUT2D eigenvalue weighted by molar-refractivity contribution is -0.136. The van der Waals surface area contributed by atoms with Gasteiger partial charge in [-0.15, -0.1) is 0 Å². The number of carbonyl (C=O) groups is 2. The Morgan fingerprint density at radius 3 is 2.72 bits per heavy atom. The summed E-state index contributed by atoms with van der Waals surface area (Å²) in [6, 6.07) is 7.51. The fourth-order valence-electron chi connectivity index (χ4n) is 2.45. The van der Waals surface area contributed by atoms with Crippen LogP contribution in [0.15, 0.2) is 29.4 Å². The molecule has 1 aliphatic rings. The maximum absolute atomic E-state index is 12.0. The molecule has 2 amide bonds. The summed E-state index contributed by atoms with van der Waals surface area (Å²) < 4.78 is 10.4.